The number of amides is 1. The Morgan fingerprint density at radius 1 is 1.06 bits per heavy atom. The maximum Gasteiger partial charge on any atom is 0.416 e. The zero-order chi connectivity index (χ0) is 25.6. The third-order valence-electron chi connectivity index (χ3n) is 7.31. The van der Waals surface area contributed by atoms with Gasteiger partial charge in [-0.25, -0.2) is 0 Å². The molecule has 2 unspecified atom stereocenters. The first-order valence-electron chi connectivity index (χ1n) is 13.1. The van der Waals surface area contributed by atoms with Crippen molar-refractivity contribution in [2.45, 2.75) is 96.8 Å². The molecule has 4 rings (SSSR count). The van der Waals surface area contributed by atoms with Gasteiger partial charge in [0.25, 0.3) is 5.69 Å². The predicted molar refractivity (Wildman–Crippen MR) is 129 cm³/mol. The number of carbonyl (C=O) groups is 1. The molecule has 1 amide bonds. The number of hydrogen-bond acceptors (Lipinski definition) is 4. The minimum absolute atomic E-state index is 0.00378. The van der Waals surface area contributed by atoms with Crippen LogP contribution in [0.1, 0.15) is 88.3 Å². The van der Waals surface area contributed by atoms with Crippen molar-refractivity contribution in [1.29, 1.82) is 0 Å². The summed E-state index contributed by atoms with van der Waals surface area (Å²) in [6.45, 7) is 6.71. The van der Waals surface area contributed by atoms with Crippen molar-refractivity contribution >= 4 is 11.6 Å². The van der Waals surface area contributed by atoms with Gasteiger partial charge < -0.3 is 9.80 Å². The van der Waals surface area contributed by atoms with Gasteiger partial charge in [0.15, 0.2) is 0 Å². The molecule has 9 heteroatoms. The number of nitro groups is 1. The summed E-state index contributed by atoms with van der Waals surface area (Å²) >= 11 is 0. The molecule has 0 N–H and O–H groups in total. The van der Waals surface area contributed by atoms with Crippen molar-refractivity contribution in [1.82, 2.24) is 9.80 Å². The summed E-state index contributed by atoms with van der Waals surface area (Å²) in [7, 11) is 0. The monoisotopic (exact) mass is 497 g/mol. The van der Waals surface area contributed by atoms with Gasteiger partial charge >= 0.3 is 6.18 Å². The normalized spacial score (nSPS) is 23.5. The Kier molecular flexibility index (Phi) is 9.55. The average Bonchev–Trinajstić information content (AvgIpc) is 3.27. The second kappa shape index (κ2) is 12.2. The van der Waals surface area contributed by atoms with E-state index < -0.39 is 22.4 Å². The largest absolute Gasteiger partial charge is 0.416 e. The molecule has 1 aromatic rings. The van der Waals surface area contributed by atoms with Gasteiger partial charge in [0.1, 0.15) is 0 Å². The minimum Gasteiger partial charge on any atom is -0.338 e. The fourth-order valence-electron chi connectivity index (χ4n) is 5.60. The number of rotatable bonds is 3. The summed E-state index contributed by atoms with van der Waals surface area (Å²) in [5.74, 6) is -0.141. The van der Waals surface area contributed by atoms with Crippen LogP contribution >= 0.6 is 0 Å². The van der Waals surface area contributed by atoms with Crippen molar-refractivity contribution in [3.8, 4) is 0 Å². The Morgan fingerprint density at radius 3 is 2.29 bits per heavy atom. The maximum atomic E-state index is 13.3. The maximum absolute atomic E-state index is 13.3. The SMILES string of the molecule is CCC.O=C(C1CCC(N2CCCCCCC2)C1)N1CCc2c(cc(C(F)(F)F)cc2[N+](=O)[O-])C1. The molecular weight excluding hydrogens is 459 g/mol. The highest BCUT2D eigenvalue weighted by Gasteiger charge is 2.39. The number of fused-ring (bicyclic) bond motifs is 1. The van der Waals surface area contributed by atoms with Crippen LogP contribution in [-0.4, -0.2) is 46.3 Å². The van der Waals surface area contributed by atoms with Crippen molar-refractivity contribution < 1.29 is 22.9 Å². The van der Waals surface area contributed by atoms with Crippen LogP contribution in [0.2, 0.25) is 0 Å². The van der Waals surface area contributed by atoms with Crippen LogP contribution in [0.15, 0.2) is 12.1 Å². The van der Waals surface area contributed by atoms with Crippen LogP contribution in [-0.2, 0) is 23.9 Å². The van der Waals surface area contributed by atoms with Crippen molar-refractivity contribution in [3.63, 3.8) is 0 Å². The highest BCUT2D eigenvalue weighted by Crippen LogP contribution is 2.38. The molecule has 1 saturated carbocycles. The van der Waals surface area contributed by atoms with E-state index in [0.29, 0.717) is 24.2 Å². The van der Waals surface area contributed by atoms with E-state index in [2.05, 4.69) is 18.7 Å². The molecule has 1 saturated heterocycles. The second-order valence-corrected chi connectivity index (χ2v) is 10.1. The quantitative estimate of drug-likeness (QED) is 0.361. The van der Waals surface area contributed by atoms with Gasteiger partial charge in [0.05, 0.1) is 10.5 Å². The Bertz CT molecular complexity index is 883. The van der Waals surface area contributed by atoms with Crippen molar-refractivity contribution in [2.24, 2.45) is 5.92 Å². The minimum atomic E-state index is -4.67. The van der Waals surface area contributed by atoms with E-state index in [1.807, 2.05) is 0 Å². The fraction of sp³-hybridized carbons (Fsp3) is 0.731. The van der Waals surface area contributed by atoms with E-state index in [9.17, 15) is 28.1 Å². The Hall–Kier alpha value is -2.16. The number of halogens is 3. The Labute approximate surface area is 206 Å². The summed E-state index contributed by atoms with van der Waals surface area (Å²) in [6, 6.07) is 1.98. The topological polar surface area (TPSA) is 66.7 Å². The number of nitrogens with zero attached hydrogens (tertiary/aromatic N) is 3. The van der Waals surface area contributed by atoms with E-state index in [0.717, 1.165) is 38.4 Å². The zero-order valence-electron chi connectivity index (χ0n) is 20.9. The number of benzene rings is 1. The van der Waals surface area contributed by atoms with E-state index >= 15 is 0 Å². The molecule has 0 spiro atoms. The number of nitro benzene ring substituents is 1. The molecule has 0 bridgehead atoms. The van der Waals surface area contributed by atoms with Gasteiger partial charge in [0, 0.05) is 36.7 Å². The van der Waals surface area contributed by atoms with Crippen LogP contribution in [0.4, 0.5) is 18.9 Å². The molecular formula is C26H38F3N3O3. The standard InChI is InChI=1S/C23H30F3N3O3.C3H8/c24-23(25,26)18-12-17-15-28(11-8-20(17)21(14-18)29(31)32)22(30)16-6-7-19(13-16)27-9-4-2-1-3-5-10-27;1-3-2/h12,14,16,19H,1-11,13,15H2;3H2,1-2H3. The molecule has 0 radical (unpaired) electrons. The molecule has 35 heavy (non-hydrogen) atoms. The van der Waals surface area contributed by atoms with Gasteiger partial charge in [0.2, 0.25) is 5.91 Å². The lowest BCUT2D eigenvalue weighted by Crippen LogP contribution is -2.41. The van der Waals surface area contributed by atoms with E-state index in [1.165, 1.54) is 38.5 Å². The lowest BCUT2D eigenvalue weighted by molar-refractivity contribution is -0.385. The summed E-state index contributed by atoms with van der Waals surface area (Å²) in [4.78, 5) is 28.0. The molecule has 1 aliphatic carbocycles. The molecule has 2 atom stereocenters. The Balaban J connectivity index is 0.00000108. The summed E-state index contributed by atoms with van der Waals surface area (Å²) in [5, 5.41) is 11.4. The smallest absolute Gasteiger partial charge is 0.338 e. The number of alkyl halides is 3. The van der Waals surface area contributed by atoms with Gasteiger partial charge in [-0.1, -0.05) is 39.5 Å². The first-order valence-corrected chi connectivity index (χ1v) is 13.1. The summed E-state index contributed by atoms with van der Waals surface area (Å²) in [5.41, 5.74) is -0.975. The van der Waals surface area contributed by atoms with Crippen molar-refractivity contribution in [2.75, 3.05) is 19.6 Å². The first kappa shape index (κ1) is 27.4. The summed E-state index contributed by atoms with van der Waals surface area (Å²) in [6.07, 6.45) is 5.55. The molecule has 196 valence electrons. The van der Waals surface area contributed by atoms with Gasteiger partial charge in [-0.05, 0) is 63.2 Å². The summed E-state index contributed by atoms with van der Waals surface area (Å²) < 4.78 is 39.8. The van der Waals surface area contributed by atoms with Crippen LogP contribution < -0.4 is 0 Å². The van der Waals surface area contributed by atoms with E-state index in [4.69, 9.17) is 0 Å². The van der Waals surface area contributed by atoms with Crippen molar-refractivity contribution in [3.05, 3.63) is 38.9 Å². The number of hydrogen-bond donors (Lipinski definition) is 0. The highest BCUT2D eigenvalue weighted by atomic mass is 19.4. The van der Waals surface area contributed by atoms with Crippen LogP contribution in [0.5, 0.6) is 0 Å². The number of likely N-dealkylation sites (tertiary alicyclic amines) is 1. The van der Waals surface area contributed by atoms with E-state index in [-0.39, 0.29) is 30.4 Å². The molecule has 6 nitrogen and oxygen atoms in total. The first-order chi connectivity index (χ1) is 16.7. The van der Waals surface area contributed by atoms with Gasteiger partial charge in [-0.2, -0.15) is 13.2 Å². The molecule has 1 aromatic carbocycles. The number of carbonyl (C=O) groups excluding carboxylic acids is 1. The average molecular weight is 498 g/mol. The molecule has 2 heterocycles. The van der Waals surface area contributed by atoms with Gasteiger partial charge in [-0.3, -0.25) is 14.9 Å². The lowest BCUT2D eigenvalue weighted by Gasteiger charge is -2.32. The fourth-order valence-corrected chi connectivity index (χ4v) is 5.60. The van der Waals surface area contributed by atoms with Crippen LogP contribution in [0.25, 0.3) is 0 Å². The zero-order valence-corrected chi connectivity index (χ0v) is 20.9. The molecule has 3 aliphatic rings. The molecule has 0 aromatic heterocycles. The Morgan fingerprint density at radius 2 is 1.69 bits per heavy atom. The lowest BCUT2D eigenvalue weighted by atomic mass is 9.94. The predicted octanol–water partition coefficient (Wildman–Crippen LogP) is 6.35. The molecule has 2 fully saturated rings. The highest BCUT2D eigenvalue weighted by molar-refractivity contribution is 5.79. The van der Waals surface area contributed by atoms with E-state index in [1.54, 1.807) is 4.90 Å². The van der Waals surface area contributed by atoms with Crippen LogP contribution in [0.3, 0.4) is 0 Å². The van der Waals surface area contributed by atoms with Crippen LogP contribution in [0, 0.1) is 16.0 Å². The molecule has 2 aliphatic heterocycles. The third kappa shape index (κ3) is 6.96. The second-order valence-electron chi connectivity index (χ2n) is 10.1. The third-order valence-corrected chi connectivity index (χ3v) is 7.31. The van der Waals surface area contributed by atoms with Gasteiger partial charge in [-0.15, -0.1) is 0 Å².